The van der Waals surface area contributed by atoms with Crippen molar-refractivity contribution in [3.63, 3.8) is 0 Å². The molecule has 3 unspecified atom stereocenters. The van der Waals surface area contributed by atoms with Gasteiger partial charge in [-0.15, -0.1) is 11.3 Å². The molecular formula is C11H15ClOS. The van der Waals surface area contributed by atoms with Crippen molar-refractivity contribution < 1.29 is 4.74 Å². The van der Waals surface area contributed by atoms with Gasteiger partial charge in [-0.05, 0) is 37.8 Å². The highest BCUT2D eigenvalue weighted by atomic mass is 35.5. The van der Waals surface area contributed by atoms with E-state index in [1.54, 1.807) is 11.3 Å². The Balaban J connectivity index is 1.98. The van der Waals surface area contributed by atoms with Gasteiger partial charge in [0.2, 0.25) is 0 Å². The van der Waals surface area contributed by atoms with Crippen LogP contribution < -0.4 is 0 Å². The standard InChI is InChI=1S/C11H15ClOS/c1-3-8(6-9-7(2)13-9)10-4-5-11(12)14-10/h4-5,7-9H,3,6H2,1-2H3. The molecule has 3 heteroatoms. The zero-order chi connectivity index (χ0) is 10.1. The minimum atomic E-state index is 0.472. The molecule has 14 heavy (non-hydrogen) atoms. The summed E-state index contributed by atoms with van der Waals surface area (Å²) in [6.45, 7) is 4.37. The molecule has 0 N–H and O–H groups in total. The summed E-state index contributed by atoms with van der Waals surface area (Å²) in [6, 6.07) is 4.13. The zero-order valence-electron chi connectivity index (χ0n) is 8.50. The fourth-order valence-corrected chi connectivity index (χ4v) is 3.05. The number of hydrogen-bond acceptors (Lipinski definition) is 2. The summed E-state index contributed by atoms with van der Waals surface area (Å²) in [5.74, 6) is 0.627. The minimum Gasteiger partial charge on any atom is -0.370 e. The van der Waals surface area contributed by atoms with Crippen LogP contribution >= 0.6 is 22.9 Å². The Morgan fingerprint density at radius 1 is 1.57 bits per heavy atom. The summed E-state index contributed by atoms with van der Waals surface area (Å²) in [7, 11) is 0. The Morgan fingerprint density at radius 3 is 2.71 bits per heavy atom. The number of ether oxygens (including phenoxy) is 1. The number of rotatable bonds is 4. The molecule has 1 nitrogen and oxygen atoms in total. The van der Waals surface area contributed by atoms with E-state index < -0.39 is 0 Å². The normalized spacial score (nSPS) is 27.6. The average Bonchev–Trinajstić information content (AvgIpc) is 2.66. The number of epoxide rings is 1. The van der Waals surface area contributed by atoms with Gasteiger partial charge in [-0.1, -0.05) is 18.5 Å². The third kappa shape index (κ3) is 2.30. The highest BCUT2D eigenvalue weighted by molar-refractivity contribution is 7.16. The summed E-state index contributed by atoms with van der Waals surface area (Å²) in [4.78, 5) is 1.40. The van der Waals surface area contributed by atoms with Gasteiger partial charge in [0.05, 0.1) is 16.5 Å². The summed E-state index contributed by atoms with van der Waals surface area (Å²) < 4.78 is 6.34. The molecule has 1 aliphatic heterocycles. The van der Waals surface area contributed by atoms with Gasteiger partial charge in [0.15, 0.2) is 0 Å². The highest BCUT2D eigenvalue weighted by Crippen LogP contribution is 2.37. The SMILES string of the molecule is CCC(CC1OC1C)c1ccc(Cl)s1. The van der Waals surface area contributed by atoms with Crippen LogP contribution in [0.5, 0.6) is 0 Å². The van der Waals surface area contributed by atoms with Gasteiger partial charge in [-0.25, -0.2) is 0 Å². The van der Waals surface area contributed by atoms with Crippen molar-refractivity contribution in [1.82, 2.24) is 0 Å². The fourth-order valence-electron chi connectivity index (χ4n) is 1.79. The van der Waals surface area contributed by atoms with Crippen molar-refractivity contribution in [2.24, 2.45) is 0 Å². The van der Waals surface area contributed by atoms with Crippen LogP contribution in [0.1, 0.15) is 37.5 Å². The van der Waals surface area contributed by atoms with Gasteiger partial charge in [0.1, 0.15) is 0 Å². The van der Waals surface area contributed by atoms with Gasteiger partial charge >= 0.3 is 0 Å². The maximum atomic E-state index is 5.93. The molecule has 78 valence electrons. The second-order valence-corrected chi connectivity index (χ2v) is 5.61. The fraction of sp³-hybridized carbons (Fsp3) is 0.636. The third-order valence-corrected chi connectivity index (χ3v) is 4.24. The first-order valence-corrected chi connectivity index (χ1v) is 6.30. The molecule has 0 spiro atoms. The van der Waals surface area contributed by atoms with Gasteiger partial charge in [0.25, 0.3) is 0 Å². The molecule has 2 rings (SSSR count). The van der Waals surface area contributed by atoms with E-state index in [1.807, 2.05) is 6.07 Å². The maximum Gasteiger partial charge on any atom is 0.0931 e. The molecule has 2 heterocycles. The van der Waals surface area contributed by atoms with Crippen LogP contribution in [0.25, 0.3) is 0 Å². The summed E-state index contributed by atoms with van der Waals surface area (Å²) >= 11 is 7.63. The molecule has 0 saturated carbocycles. The predicted molar refractivity (Wildman–Crippen MR) is 61.3 cm³/mol. The second kappa shape index (κ2) is 4.21. The van der Waals surface area contributed by atoms with Crippen molar-refractivity contribution in [3.05, 3.63) is 21.3 Å². The van der Waals surface area contributed by atoms with Gasteiger partial charge in [0, 0.05) is 4.88 Å². The van der Waals surface area contributed by atoms with E-state index >= 15 is 0 Å². The molecule has 1 fully saturated rings. The van der Waals surface area contributed by atoms with E-state index in [0.29, 0.717) is 18.1 Å². The van der Waals surface area contributed by atoms with Crippen molar-refractivity contribution >= 4 is 22.9 Å². The molecule has 0 aliphatic carbocycles. The van der Waals surface area contributed by atoms with Gasteiger partial charge in [-0.3, -0.25) is 0 Å². The first kappa shape index (κ1) is 10.5. The Hall–Kier alpha value is -0.0500. The van der Waals surface area contributed by atoms with Gasteiger partial charge < -0.3 is 4.74 Å². The number of halogens is 1. The Labute approximate surface area is 94.0 Å². The molecule has 1 aromatic rings. The van der Waals surface area contributed by atoms with Crippen LogP contribution in [0.3, 0.4) is 0 Å². The third-order valence-electron chi connectivity index (χ3n) is 2.84. The molecule has 3 atom stereocenters. The van der Waals surface area contributed by atoms with E-state index in [-0.39, 0.29) is 0 Å². The van der Waals surface area contributed by atoms with Crippen molar-refractivity contribution in [1.29, 1.82) is 0 Å². The maximum absolute atomic E-state index is 5.93. The van der Waals surface area contributed by atoms with Crippen molar-refractivity contribution in [2.75, 3.05) is 0 Å². The average molecular weight is 231 g/mol. The van der Waals surface area contributed by atoms with Crippen LogP contribution in [0.4, 0.5) is 0 Å². The molecule has 0 bridgehead atoms. The van der Waals surface area contributed by atoms with Crippen LogP contribution in [-0.2, 0) is 4.74 Å². The van der Waals surface area contributed by atoms with Crippen molar-refractivity contribution in [3.8, 4) is 0 Å². The highest BCUT2D eigenvalue weighted by Gasteiger charge is 2.36. The van der Waals surface area contributed by atoms with Crippen molar-refractivity contribution in [2.45, 2.75) is 44.8 Å². The lowest BCUT2D eigenvalue weighted by Crippen LogP contribution is -2.00. The predicted octanol–water partition coefficient (Wildman–Crippen LogP) is 4.07. The van der Waals surface area contributed by atoms with E-state index in [1.165, 1.54) is 11.3 Å². The van der Waals surface area contributed by atoms with E-state index in [2.05, 4.69) is 19.9 Å². The quantitative estimate of drug-likeness (QED) is 0.711. The zero-order valence-corrected chi connectivity index (χ0v) is 10.1. The van der Waals surface area contributed by atoms with Crippen LogP contribution in [-0.4, -0.2) is 12.2 Å². The number of thiophene rings is 1. The Kier molecular flexibility index (Phi) is 3.15. The minimum absolute atomic E-state index is 0.472. The first-order valence-electron chi connectivity index (χ1n) is 5.11. The summed E-state index contributed by atoms with van der Waals surface area (Å²) in [6.07, 6.45) is 3.28. The topological polar surface area (TPSA) is 12.5 Å². The monoisotopic (exact) mass is 230 g/mol. The molecule has 1 saturated heterocycles. The Bertz CT molecular complexity index is 310. The number of hydrogen-bond donors (Lipinski definition) is 0. The van der Waals surface area contributed by atoms with E-state index in [0.717, 1.165) is 10.8 Å². The smallest absolute Gasteiger partial charge is 0.0931 e. The Morgan fingerprint density at radius 2 is 2.29 bits per heavy atom. The molecular weight excluding hydrogens is 216 g/mol. The van der Waals surface area contributed by atoms with E-state index in [4.69, 9.17) is 16.3 Å². The van der Waals surface area contributed by atoms with Crippen LogP contribution in [0, 0.1) is 0 Å². The molecule has 0 amide bonds. The lowest BCUT2D eigenvalue weighted by molar-refractivity contribution is 0.358. The van der Waals surface area contributed by atoms with Crippen LogP contribution in [0.15, 0.2) is 12.1 Å². The van der Waals surface area contributed by atoms with Crippen LogP contribution in [0.2, 0.25) is 4.34 Å². The molecule has 0 radical (unpaired) electrons. The lowest BCUT2D eigenvalue weighted by Gasteiger charge is -2.10. The lowest BCUT2D eigenvalue weighted by atomic mass is 9.98. The van der Waals surface area contributed by atoms with E-state index in [9.17, 15) is 0 Å². The van der Waals surface area contributed by atoms with Gasteiger partial charge in [-0.2, -0.15) is 0 Å². The molecule has 1 aliphatic rings. The largest absolute Gasteiger partial charge is 0.370 e. The first-order chi connectivity index (χ1) is 6.70. The summed E-state index contributed by atoms with van der Waals surface area (Å²) in [5, 5.41) is 0. The molecule has 1 aromatic heterocycles. The second-order valence-electron chi connectivity index (χ2n) is 3.86. The summed E-state index contributed by atoms with van der Waals surface area (Å²) in [5.41, 5.74) is 0. The molecule has 0 aromatic carbocycles.